The van der Waals surface area contributed by atoms with Gasteiger partial charge in [0.25, 0.3) is 5.56 Å². The van der Waals surface area contributed by atoms with Gasteiger partial charge in [-0.15, -0.1) is 11.3 Å². The van der Waals surface area contributed by atoms with E-state index in [-0.39, 0.29) is 17.9 Å². The van der Waals surface area contributed by atoms with E-state index in [1.807, 2.05) is 44.2 Å². The smallest absolute Gasteiger partial charge is 0.262 e. The number of nitrogens with zero attached hydrogens (tertiary/aromatic N) is 2. The highest BCUT2D eigenvalue weighted by atomic mass is 32.1. The quantitative estimate of drug-likeness (QED) is 0.775. The number of amides is 1. The van der Waals surface area contributed by atoms with Gasteiger partial charge < -0.3 is 5.73 Å². The maximum absolute atomic E-state index is 13.0. The minimum Gasteiger partial charge on any atom is -0.370 e. The summed E-state index contributed by atoms with van der Waals surface area (Å²) in [6, 6.07) is 9.64. The fourth-order valence-corrected chi connectivity index (χ4v) is 3.77. The standard InChI is InChI=1S/C18H19N3O2S/c1-11-12(2)24-17-15(11)18(23)21(10-6-9-14(19)22)16(20-17)13-7-4-3-5-8-13/h3-5,7-8H,6,9-10H2,1-2H3,(H2,19,22). The molecule has 24 heavy (non-hydrogen) atoms. The summed E-state index contributed by atoms with van der Waals surface area (Å²) >= 11 is 1.54. The van der Waals surface area contributed by atoms with Crippen molar-refractivity contribution in [1.82, 2.24) is 9.55 Å². The molecule has 0 saturated heterocycles. The van der Waals surface area contributed by atoms with Gasteiger partial charge >= 0.3 is 0 Å². The molecule has 0 unspecified atom stereocenters. The Kier molecular flexibility index (Phi) is 4.49. The summed E-state index contributed by atoms with van der Waals surface area (Å²) in [7, 11) is 0. The third-order valence-electron chi connectivity index (χ3n) is 4.13. The molecule has 1 aromatic carbocycles. The fraction of sp³-hybridized carbons (Fsp3) is 0.278. The minimum atomic E-state index is -0.360. The Hall–Kier alpha value is -2.47. The van der Waals surface area contributed by atoms with E-state index in [4.69, 9.17) is 10.7 Å². The van der Waals surface area contributed by atoms with Crippen LogP contribution in [0.25, 0.3) is 21.6 Å². The molecule has 6 heteroatoms. The van der Waals surface area contributed by atoms with Crippen LogP contribution in [0, 0.1) is 13.8 Å². The number of aryl methyl sites for hydroxylation is 2. The summed E-state index contributed by atoms with van der Waals surface area (Å²) in [5, 5.41) is 0.677. The molecule has 2 heterocycles. The van der Waals surface area contributed by atoms with Crippen molar-refractivity contribution < 1.29 is 4.79 Å². The highest BCUT2D eigenvalue weighted by Crippen LogP contribution is 2.28. The zero-order chi connectivity index (χ0) is 17.3. The van der Waals surface area contributed by atoms with Crippen molar-refractivity contribution in [2.24, 2.45) is 5.73 Å². The number of fused-ring (bicyclic) bond motifs is 1. The second-order valence-electron chi connectivity index (χ2n) is 5.79. The van der Waals surface area contributed by atoms with E-state index in [1.165, 1.54) is 0 Å². The number of carbonyl (C=O) groups excluding carboxylic acids is 1. The van der Waals surface area contributed by atoms with Gasteiger partial charge in [0, 0.05) is 23.4 Å². The van der Waals surface area contributed by atoms with E-state index in [2.05, 4.69) is 0 Å². The first-order valence-electron chi connectivity index (χ1n) is 7.83. The number of benzene rings is 1. The van der Waals surface area contributed by atoms with Gasteiger partial charge in [0.05, 0.1) is 5.39 Å². The number of primary amides is 1. The van der Waals surface area contributed by atoms with Crippen molar-refractivity contribution in [3.05, 3.63) is 51.1 Å². The van der Waals surface area contributed by atoms with Crippen molar-refractivity contribution in [1.29, 1.82) is 0 Å². The van der Waals surface area contributed by atoms with Gasteiger partial charge in [0.2, 0.25) is 5.91 Å². The van der Waals surface area contributed by atoms with Crippen LogP contribution in [0.3, 0.4) is 0 Å². The number of thiophene rings is 1. The maximum atomic E-state index is 13.0. The van der Waals surface area contributed by atoms with Crippen LogP contribution >= 0.6 is 11.3 Å². The number of nitrogens with two attached hydrogens (primary N) is 1. The van der Waals surface area contributed by atoms with E-state index in [0.29, 0.717) is 24.2 Å². The van der Waals surface area contributed by atoms with Crippen LogP contribution in [0.2, 0.25) is 0 Å². The van der Waals surface area contributed by atoms with E-state index in [0.717, 1.165) is 20.8 Å². The lowest BCUT2D eigenvalue weighted by Crippen LogP contribution is -2.24. The molecule has 0 bridgehead atoms. The van der Waals surface area contributed by atoms with Gasteiger partial charge in [-0.25, -0.2) is 4.98 Å². The summed E-state index contributed by atoms with van der Waals surface area (Å²) in [6.45, 7) is 4.37. The van der Waals surface area contributed by atoms with Crippen LogP contribution < -0.4 is 11.3 Å². The molecule has 2 N–H and O–H groups in total. The first kappa shape index (κ1) is 16.4. The summed E-state index contributed by atoms with van der Waals surface area (Å²) in [5.41, 5.74) is 7.04. The summed E-state index contributed by atoms with van der Waals surface area (Å²) in [6.07, 6.45) is 0.769. The Labute approximate surface area is 143 Å². The second-order valence-corrected chi connectivity index (χ2v) is 6.99. The van der Waals surface area contributed by atoms with E-state index in [9.17, 15) is 9.59 Å². The molecule has 0 aliphatic carbocycles. The number of rotatable bonds is 5. The van der Waals surface area contributed by atoms with Gasteiger partial charge in [0.1, 0.15) is 10.7 Å². The van der Waals surface area contributed by atoms with Gasteiger partial charge in [0.15, 0.2) is 0 Å². The highest BCUT2D eigenvalue weighted by molar-refractivity contribution is 7.18. The molecule has 0 spiro atoms. The normalized spacial score (nSPS) is 11.1. The van der Waals surface area contributed by atoms with Crippen LogP contribution in [0.5, 0.6) is 0 Å². The molecule has 5 nitrogen and oxygen atoms in total. The van der Waals surface area contributed by atoms with Gasteiger partial charge in [-0.3, -0.25) is 14.2 Å². The van der Waals surface area contributed by atoms with Crippen molar-refractivity contribution in [3.63, 3.8) is 0 Å². The molecule has 0 aliphatic heterocycles. The Balaban J connectivity index is 2.20. The summed E-state index contributed by atoms with van der Waals surface area (Å²) in [5.74, 6) is 0.278. The van der Waals surface area contributed by atoms with E-state index in [1.54, 1.807) is 15.9 Å². The molecule has 0 radical (unpaired) electrons. The zero-order valence-corrected chi connectivity index (χ0v) is 14.5. The molecular formula is C18H19N3O2S. The fourth-order valence-electron chi connectivity index (χ4n) is 2.75. The molecule has 0 atom stereocenters. The van der Waals surface area contributed by atoms with Crippen molar-refractivity contribution in [2.75, 3.05) is 0 Å². The van der Waals surface area contributed by atoms with E-state index < -0.39 is 0 Å². The number of hydrogen-bond acceptors (Lipinski definition) is 4. The second kappa shape index (κ2) is 6.57. The average Bonchev–Trinajstić information content (AvgIpc) is 2.84. The minimum absolute atomic E-state index is 0.0508. The lowest BCUT2D eigenvalue weighted by molar-refractivity contribution is -0.118. The first-order chi connectivity index (χ1) is 11.5. The van der Waals surface area contributed by atoms with Gasteiger partial charge in [-0.2, -0.15) is 0 Å². The molecular weight excluding hydrogens is 322 g/mol. The topological polar surface area (TPSA) is 78.0 Å². The van der Waals surface area contributed by atoms with Crippen LogP contribution in [-0.2, 0) is 11.3 Å². The van der Waals surface area contributed by atoms with E-state index >= 15 is 0 Å². The Bertz CT molecular complexity index is 958. The highest BCUT2D eigenvalue weighted by Gasteiger charge is 2.17. The Morgan fingerprint density at radius 2 is 1.96 bits per heavy atom. The number of hydrogen-bond donors (Lipinski definition) is 1. The molecule has 0 fully saturated rings. The first-order valence-corrected chi connectivity index (χ1v) is 8.65. The van der Waals surface area contributed by atoms with Crippen LogP contribution in [0.1, 0.15) is 23.3 Å². The Morgan fingerprint density at radius 1 is 1.25 bits per heavy atom. The largest absolute Gasteiger partial charge is 0.370 e. The third-order valence-corrected chi connectivity index (χ3v) is 5.23. The molecule has 1 amide bonds. The number of carbonyl (C=O) groups is 1. The monoisotopic (exact) mass is 341 g/mol. The van der Waals surface area contributed by atoms with Crippen molar-refractivity contribution in [3.8, 4) is 11.4 Å². The molecule has 2 aromatic heterocycles. The summed E-state index contributed by atoms with van der Waals surface area (Å²) < 4.78 is 1.67. The lowest BCUT2D eigenvalue weighted by Gasteiger charge is -2.12. The van der Waals surface area contributed by atoms with Gasteiger partial charge in [-0.05, 0) is 25.8 Å². The predicted molar refractivity (Wildman–Crippen MR) is 97.2 cm³/mol. The van der Waals surface area contributed by atoms with Gasteiger partial charge in [-0.1, -0.05) is 30.3 Å². The van der Waals surface area contributed by atoms with Crippen molar-refractivity contribution >= 4 is 27.5 Å². The molecule has 3 rings (SSSR count). The SMILES string of the molecule is Cc1sc2nc(-c3ccccc3)n(CCCC(N)=O)c(=O)c2c1C. The third kappa shape index (κ3) is 2.97. The molecule has 0 aliphatic rings. The predicted octanol–water partition coefficient (Wildman–Crippen LogP) is 3.01. The summed E-state index contributed by atoms with van der Waals surface area (Å²) in [4.78, 5) is 30.7. The molecule has 3 aromatic rings. The average molecular weight is 341 g/mol. The zero-order valence-electron chi connectivity index (χ0n) is 13.7. The molecule has 0 saturated carbocycles. The Morgan fingerprint density at radius 3 is 2.62 bits per heavy atom. The maximum Gasteiger partial charge on any atom is 0.262 e. The van der Waals surface area contributed by atoms with Crippen molar-refractivity contribution in [2.45, 2.75) is 33.2 Å². The van der Waals surface area contributed by atoms with Crippen LogP contribution in [-0.4, -0.2) is 15.5 Å². The lowest BCUT2D eigenvalue weighted by atomic mass is 10.1. The number of aromatic nitrogens is 2. The van der Waals surface area contributed by atoms with Crippen LogP contribution in [0.15, 0.2) is 35.1 Å². The molecule has 124 valence electrons. The van der Waals surface area contributed by atoms with Crippen LogP contribution in [0.4, 0.5) is 0 Å².